The Labute approximate surface area is 219 Å². The number of anilines is 1. The number of likely N-dealkylation sites (tertiary alicyclic amines) is 1. The minimum Gasteiger partial charge on any atom is -0.410 e. The van der Waals surface area contributed by atoms with E-state index in [0.717, 1.165) is 28.5 Å². The molecule has 0 unspecified atom stereocenters. The van der Waals surface area contributed by atoms with Gasteiger partial charge in [0.25, 0.3) is 5.91 Å². The lowest BCUT2D eigenvalue weighted by Gasteiger charge is -2.17. The molecule has 10 nitrogen and oxygen atoms in total. The molecular weight excluding hydrogens is 484 g/mol. The van der Waals surface area contributed by atoms with Crippen LogP contribution >= 0.6 is 0 Å². The van der Waals surface area contributed by atoms with Crippen LogP contribution in [0.5, 0.6) is 5.75 Å². The predicted molar refractivity (Wildman–Crippen MR) is 142 cm³/mol. The number of rotatable bonds is 6. The summed E-state index contributed by atoms with van der Waals surface area (Å²) >= 11 is 0. The molecule has 0 spiro atoms. The van der Waals surface area contributed by atoms with E-state index in [1.165, 1.54) is 0 Å². The number of amides is 2. The number of nitrogen functional groups attached to an aromatic ring is 1. The normalized spacial score (nSPS) is 14.8. The second kappa shape index (κ2) is 10.6. The maximum Gasteiger partial charge on any atom is 0.415 e. The Balaban J connectivity index is 1.21. The molecule has 10 heteroatoms. The Morgan fingerprint density at radius 1 is 1.05 bits per heavy atom. The maximum absolute atomic E-state index is 13.0. The average molecular weight is 511 g/mol. The molecule has 3 heterocycles. The Kier molecular flexibility index (Phi) is 6.86. The highest BCUT2D eigenvalue weighted by molar-refractivity contribution is 5.99. The summed E-state index contributed by atoms with van der Waals surface area (Å²) in [6.07, 6.45) is 5.98. The van der Waals surface area contributed by atoms with Crippen LogP contribution < -0.4 is 15.8 Å². The lowest BCUT2D eigenvalue weighted by atomic mass is 10.0. The van der Waals surface area contributed by atoms with Crippen molar-refractivity contribution in [2.75, 3.05) is 18.8 Å². The molecule has 0 bridgehead atoms. The molecule has 1 saturated heterocycles. The van der Waals surface area contributed by atoms with Crippen molar-refractivity contribution in [3.63, 3.8) is 0 Å². The standard InChI is InChI=1S/C28H26N6O4/c1-33-15-22(14-31-33)21-12-25(26(29)30-13-21)27(36)32-23-8-9-34(16-23)28(37)38-24-7-3-6-20(11-24)19-5-2-4-18(10-19)17-35/h2-7,10-15,17,23H,8-9,16H2,1H3,(H2,29,30)(H,32,36)/t23-/m1/s1. The lowest BCUT2D eigenvalue weighted by molar-refractivity contribution is 0.0936. The van der Waals surface area contributed by atoms with Gasteiger partial charge < -0.3 is 20.7 Å². The molecule has 4 aromatic rings. The highest BCUT2D eigenvalue weighted by Crippen LogP contribution is 2.26. The van der Waals surface area contributed by atoms with Gasteiger partial charge in [-0.15, -0.1) is 0 Å². The van der Waals surface area contributed by atoms with Crippen molar-refractivity contribution in [3.8, 4) is 28.0 Å². The fourth-order valence-corrected chi connectivity index (χ4v) is 4.39. The van der Waals surface area contributed by atoms with Crippen LogP contribution in [0.1, 0.15) is 27.1 Å². The number of pyridine rings is 1. The van der Waals surface area contributed by atoms with Gasteiger partial charge in [-0.2, -0.15) is 5.10 Å². The van der Waals surface area contributed by atoms with Crippen molar-refractivity contribution in [2.45, 2.75) is 12.5 Å². The fraction of sp³-hybridized carbons (Fsp3) is 0.179. The third-order valence-electron chi connectivity index (χ3n) is 6.38. The monoisotopic (exact) mass is 510 g/mol. The van der Waals surface area contributed by atoms with E-state index in [2.05, 4.69) is 15.4 Å². The van der Waals surface area contributed by atoms with Gasteiger partial charge >= 0.3 is 6.09 Å². The number of nitrogens with one attached hydrogen (secondary N) is 1. The van der Waals surface area contributed by atoms with Gasteiger partial charge in [0.2, 0.25) is 0 Å². The SMILES string of the molecule is Cn1cc(-c2cnc(N)c(C(=O)N[C@@H]3CCN(C(=O)Oc4cccc(-c5cccc(C=O)c5)c4)C3)c2)cn1. The van der Waals surface area contributed by atoms with Crippen LogP contribution in [-0.2, 0) is 7.05 Å². The Hall–Kier alpha value is -4.99. The maximum atomic E-state index is 13.0. The van der Waals surface area contributed by atoms with E-state index in [-0.39, 0.29) is 23.3 Å². The predicted octanol–water partition coefficient (Wildman–Crippen LogP) is 3.55. The topological polar surface area (TPSA) is 132 Å². The summed E-state index contributed by atoms with van der Waals surface area (Å²) in [5.74, 6) is 0.164. The Morgan fingerprint density at radius 2 is 1.84 bits per heavy atom. The summed E-state index contributed by atoms with van der Waals surface area (Å²) in [4.78, 5) is 42.6. The molecule has 1 atom stereocenters. The first-order valence-corrected chi connectivity index (χ1v) is 12.1. The van der Waals surface area contributed by atoms with E-state index in [1.54, 1.807) is 64.4 Å². The molecule has 0 aliphatic carbocycles. The second-order valence-corrected chi connectivity index (χ2v) is 9.10. The number of aldehydes is 1. The number of hydrogen-bond donors (Lipinski definition) is 2. The van der Waals surface area contributed by atoms with Gasteiger partial charge in [-0.1, -0.05) is 30.3 Å². The molecule has 0 radical (unpaired) electrons. The van der Waals surface area contributed by atoms with Crippen LogP contribution in [0.25, 0.3) is 22.3 Å². The first kappa shape index (κ1) is 24.7. The zero-order valence-electron chi connectivity index (χ0n) is 20.7. The van der Waals surface area contributed by atoms with Gasteiger partial charge in [0, 0.05) is 55.3 Å². The van der Waals surface area contributed by atoms with Crippen LogP contribution in [0, 0.1) is 0 Å². The third kappa shape index (κ3) is 5.39. The average Bonchev–Trinajstić information content (AvgIpc) is 3.58. The Bertz CT molecular complexity index is 1510. The minimum absolute atomic E-state index is 0.128. The number of hydrogen-bond acceptors (Lipinski definition) is 7. The molecule has 1 aliphatic heterocycles. The smallest absolute Gasteiger partial charge is 0.410 e. The fourth-order valence-electron chi connectivity index (χ4n) is 4.39. The first-order chi connectivity index (χ1) is 18.4. The van der Waals surface area contributed by atoms with Gasteiger partial charge in [-0.05, 0) is 41.8 Å². The Morgan fingerprint density at radius 3 is 2.61 bits per heavy atom. The summed E-state index contributed by atoms with van der Waals surface area (Å²) in [5, 5.41) is 7.10. The minimum atomic E-state index is -0.500. The van der Waals surface area contributed by atoms with Crippen LogP contribution in [-0.4, -0.2) is 57.1 Å². The van der Waals surface area contributed by atoms with E-state index >= 15 is 0 Å². The van der Waals surface area contributed by atoms with Crippen molar-refractivity contribution in [1.29, 1.82) is 0 Å². The largest absolute Gasteiger partial charge is 0.415 e. The summed E-state index contributed by atoms with van der Waals surface area (Å²) in [5.41, 5.74) is 10.0. The van der Waals surface area contributed by atoms with E-state index in [4.69, 9.17) is 10.5 Å². The van der Waals surface area contributed by atoms with Crippen molar-refractivity contribution >= 4 is 24.1 Å². The third-order valence-corrected chi connectivity index (χ3v) is 6.38. The molecule has 3 N–H and O–H groups in total. The zero-order chi connectivity index (χ0) is 26.6. The summed E-state index contributed by atoms with van der Waals surface area (Å²) in [6.45, 7) is 0.746. The molecule has 5 rings (SSSR count). The van der Waals surface area contributed by atoms with Crippen LogP contribution in [0.2, 0.25) is 0 Å². The lowest BCUT2D eigenvalue weighted by Crippen LogP contribution is -2.39. The molecule has 2 amide bonds. The molecule has 1 fully saturated rings. The quantitative estimate of drug-likeness (QED) is 0.379. The molecule has 2 aromatic heterocycles. The van der Waals surface area contributed by atoms with Gasteiger partial charge in [0.1, 0.15) is 17.9 Å². The van der Waals surface area contributed by atoms with E-state index in [9.17, 15) is 14.4 Å². The van der Waals surface area contributed by atoms with E-state index < -0.39 is 6.09 Å². The highest BCUT2D eigenvalue weighted by atomic mass is 16.6. The number of nitrogens with two attached hydrogens (primary N) is 1. The molecule has 1 aliphatic rings. The zero-order valence-corrected chi connectivity index (χ0v) is 20.7. The van der Waals surface area contributed by atoms with Gasteiger partial charge in [-0.25, -0.2) is 9.78 Å². The summed E-state index contributed by atoms with van der Waals surface area (Å²) in [6, 6.07) is 15.7. The number of aryl methyl sites for hydroxylation is 1. The van der Waals surface area contributed by atoms with Crippen molar-refractivity contribution in [1.82, 2.24) is 25.0 Å². The molecule has 38 heavy (non-hydrogen) atoms. The second-order valence-electron chi connectivity index (χ2n) is 9.10. The van der Waals surface area contributed by atoms with E-state index in [0.29, 0.717) is 30.8 Å². The van der Waals surface area contributed by atoms with Crippen molar-refractivity contribution < 1.29 is 19.1 Å². The number of benzene rings is 2. The molecular formula is C28H26N6O4. The van der Waals surface area contributed by atoms with Crippen LogP contribution in [0.15, 0.2) is 73.2 Å². The number of ether oxygens (including phenoxy) is 1. The van der Waals surface area contributed by atoms with Gasteiger partial charge in [-0.3, -0.25) is 14.3 Å². The van der Waals surface area contributed by atoms with Gasteiger partial charge in [0.05, 0.1) is 11.8 Å². The number of carbonyl (C=O) groups is 3. The van der Waals surface area contributed by atoms with Crippen LogP contribution in [0.4, 0.5) is 10.6 Å². The number of aromatic nitrogens is 3. The summed E-state index contributed by atoms with van der Waals surface area (Å²) < 4.78 is 7.27. The molecule has 192 valence electrons. The van der Waals surface area contributed by atoms with Gasteiger partial charge in [0.15, 0.2) is 0 Å². The number of carbonyl (C=O) groups excluding carboxylic acids is 3. The van der Waals surface area contributed by atoms with Crippen LogP contribution in [0.3, 0.4) is 0 Å². The summed E-state index contributed by atoms with van der Waals surface area (Å²) in [7, 11) is 1.81. The van der Waals surface area contributed by atoms with Crippen molar-refractivity contribution in [2.24, 2.45) is 7.05 Å². The molecule has 0 saturated carbocycles. The van der Waals surface area contributed by atoms with E-state index in [1.807, 2.05) is 25.4 Å². The number of nitrogens with zero attached hydrogens (tertiary/aromatic N) is 4. The first-order valence-electron chi connectivity index (χ1n) is 12.1. The molecule has 2 aromatic carbocycles. The van der Waals surface area contributed by atoms with Crippen molar-refractivity contribution in [3.05, 3.63) is 84.3 Å². The highest BCUT2D eigenvalue weighted by Gasteiger charge is 2.29.